The van der Waals surface area contributed by atoms with Crippen LogP contribution in [-0.2, 0) is 6.42 Å². The number of hydrogen-bond donors (Lipinski definition) is 1. The number of hydrogen-bond acceptors (Lipinski definition) is 4. The molecule has 164 valence electrons. The molecular weight excluding hydrogens is 440 g/mol. The molecule has 0 radical (unpaired) electrons. The van der Waals surface area contributed by atoms with E-state index in [1.807, 2.05) is 6.07 Å². The summed E-state index contributed by atoms with van der Waals surface area (Å²) in [4.78, 5) is 4.90. The molecule has 8 heteroatoms. The zero-order valence-electron chi connectivity index (χ0n) is 17.0. The van der Waals surface area contributed by atoms with Crippen LogP contribution in [0.3, 0.4) is 0 Å². The van der Waals surface area contributed by atoms with Gasteiger partial charge in [0.2, 0.25) is 0 Å². The summed E-state index contributed by atoms with van der Waals surface area (Å²) in [5.74, 6) is -4.60. The van der Waals surface area contributed by atoms with Crippen LogP contribution in [0.5, 0.6) is 0 Å². The van der Waals surface area contributed by atoms with E-state index in [-0.39, 0.29) is 23.1 Å². The van der Waals surface area contributed by atoms with Crippen LogP contribution in [-0.4, -0.2) is 16.0 Å². The van der Waals surface area contributed by atoms with Crippen LogP contribution in [0.25, 0.3) is 10.4 Å². The van der Waals surface area contributed by atoms with Gasteiger partial charge in [-0.3, -0.25) is 0 Å². The first-order valence-electron chi connectivity index (χ1n) is 10.2. The van der Waals surface area contributed by atoms with Crippen LogP contribution >= 0.6 is 11.3 Å². The highest BCUT2D eigenvalue weighted by Crippen LogP contribution is 2.53. The van der Waals surface area contributed by atoms with E-state index in [9.17, 15) is 27.9 Å². The average Bonchev–Trinajstić information content (AvgIpc) is 3.28. The molecule has 0 saturated heterocycles. The topological polar surface area (TPSA) is 56.9 Å². The van der Waals surface area contributed by atoms with Crippen LogP contribution in [0.2, 0.25) is 0 Å². The van der Waals surface area contributed by atoms with Crippen LogP contribution in [0.15, 0.2) is 29.8 Å². The lowest BCUT2D eigenvalue weighted by Crippen LogP contribution is -2.22. The number of rotatable bonds is 2. The van der Waals surface area contributed by atoms with E-state index in [1.165, 1.54) is 11.3 Å². The molecule has 0 bridgehead atoms. The average molecular weight is 458 g/mol. The second-order valence-corrected chi connectivity index (χ2v) is 9.22. The van der Waals surface area contributed by atoms with Crippen LogP contribution < -0.4 is 0 Å². The van der Waals surface area contributed by atoms with Gasteiger partial charge < -0.3 is 5.11 Å². The van der Waals surface area contributed by atoms with Gasteiger partial charge in [-0.2, -0.15) is 5.26 Å². The summed E-state index contributed by atoms with van der Waals surface area (Å²) in [6, 6.07) is 7.50. The highest BCUT2D eigenvalue weighted by molar-refractivity contribution is 7.13. The SMILES string of the molecule is Cc1ncsc1-c1ccc([C@H]2CC[C@H](F)c3cc(F)cc(C#N)c32)c2c1[C@H](O)C(F)(F)C2. The summed E-state index contributed by atoms with van der Waals surface area (Å²) < 4.78 is 58.1. The second-order valence-electron chi connectivity index (χ2n) is 8.37. The molecular formula is C24H18F4N2OS. The third-order valence-corrected chi connectivity index (χ3v) is 7.50. The highest BCUT2D eigenvalue weighted by Gasteiger charge is 2.50. The fraction of sp³-hybridized carbons (Fsp3) is 0.333. The minimum atomic E-state index is -3.35. The number of nitrogens with zero attached hydrogens (tertiary/aromatic N) is 2. The molecule has 0 fully saturated rings. The third-order valence-electron chi connectivity index (χ3n) is 6.54. The Morgan fingerprint density at radius 3 is 2.66 bits per heavy atom. The van der Waals surface area contributed by atoms with Crippen molar-refractivity contribution in [2.24, 2.45) is 0 Å². The molecule has 0 amide bonds. The molecule has 3 nitrogen and oxygen atoms in total. The van der Waals surface area contributed by atoms with Crippen molar-refractivity contribution < 1.29 is 22.7 Å². The van der Waals surface area contributed by atoms with E-state index in [0.717, 1.165) is 12.1 Å². The van der Waals surface area contributed by atoms with Gasteiger partial charge in [0.15, 0.2) is 0 Å². The van der Waals surface area contributed by atoms with Crippen molar-refractivity contribution in [3.63, 3.8) is 0 Å². The molecule has 0 aliphatic heterocycles. The first kappa shape index (κ1) is 21.1. The number of fused-ring (bicyclic) bond motifs is 2. The van der Waals surface area contributed by atoms with Gasteiger partial charge in [0, 0.05) is 12.3 Å². The normalized spacial score (nSPS) is 23.5. The maximum atomic E-state index is 14.7. The van der Waals surface area contributed by atoms with E-state index in [4.69, 9.17) is 0 Å². The predicted octanol–water partition coefficient (Wildman–Crippen LogP) is 6.29. The quantitative estimate of drug-likeness (QED) is 0.459. The summed E-state index contributed by atoms with van der Waals surface area (Å²) in [6.07, 6.45) is -3.67. The number of benzene rings is 2. The summed E-state index contributed by atoms with van der Waals surface area (Å²) >= 11 is 1.31. The molecule has 32 heavy (non-hydrogen) atoms. The largest absolute Gasteiger partial charge is 0.382 e. The fourth-order valence-corrected chi connectivity index (χ4v) is 5.97. The van der Waals surface area contributed by atoms with E-state index < -0.39 is 36.4 Å². The zero-order chi connectivity index (χ0) is 22.8. The van der Waals surface area contributed by atoms with Crippen LogP contribution in [0.4, 0.5) is 17.6 Å². The van der Waals surface area contributed by atoms with Crippen molar-refractivity contribution in [3.05, 3.63) is 74.7 Å². The van der Waals surface area contributed by atoms with E-state index >= 15 is 0 Å². The number of alkyl halides is 3. The van der Waals surface area contributed by atoms with Crippen molar-refractivity contribution in [3.8, 4) is 16.5 Å². The molecule has 3 atom stereocenters. The van der Waals surface area contributed by atoms with Gasteiger partial charge in [-0.1, -0.05) is 12.1 Å². The molecule has 0 unspecified atom stereocenters. The number of aryl methyl sites for hydroxylation is 1. The van der Waals surface area contributed by atoms with E-state index in [2.05, 4.69) is 4.98 Å². The lowest BCUT2D eigenvalue weighted by molar-refractivity contribution is -0.0966. The van der Waals surface area contributed by atoms with Gasteiger partial charge in [-0.25, -0.2) is 22.5 Å². The van der Waals surface area contributed by atoms with Gasteiger partial charge in [0.25, 0.3) is 5.92 Å². The Morgan fingerprint density at radius 2 is 1.97 bits per heavy atom. The van der Waals surface area contributed by atoms with Crippen molar-refractivity contribution in [1.29, 1.82) is 5.26 Å². The molecule has 1 aromatic heterocycles. The Balaban J connectivity index is 1.75. The molecule has 2 aromatic carbocycles. The van der Waals surface area contributed by atoms with Gasteiger partial charge in [0.05, 0.1) is 27.7 Å². The van der Waals surface area contributed by atoms with Crippen molar-refractivity contribution in [1.82, 2.24) is 4.98 Å². The molecule has 0 saturated carbocycles. The summed E-state index contributed by atoms with van der Waals surface area (Å²) in [7, 11) is 0. The molecule has 3 aromatic rings. The van der Waals surface area contributed by atoms with E-state index in [0.29, 0.717) is 39.2 Å². The number of nitriles is 1. The Hall–Kier alpha value is -2.76. The third kappa shape index (κ3) is 3.06. The lowest BCUT2D eigenvalue weighted by atomic mass is 9.74. The highest BCUT2D eigenvalue weighted by atomic mass is 32.1. The second kappa shape index (κ2) is 7.39. The standard InChI is InChI=1S/C24H18F4N2OS/c1-11-22(32-10-30-11)16-3-2-14(18-8-24(27,28)23(31)21(16)18)15-4-5-19(26)17-7-13(25)6-12(9-29)20(15)17/h2-3,6-7,10,15,19,23,31H,4-5,8H2,1H3/t15-,19+,23+/m1/s1. The molecule has 2 aliphatic rings. The number of halogens is 4. The molecule has 1 N–H and O–H groups in total. The monoisotopic (exact) mass is 458 g/mol. The smallest absolute Gasteiger partial charge is 0.281 e. The Kier molecular flexibility index (Phi) is 4.88. The Morgan fingerprint density at radius 1 is 1.19 bits per heavy atom. The van der Waals surface area contributed by atoms with Gasteiger partial charge in [-0.15, -0.1) is 11.3 Å². The Labute approximate surface area is 186 Å². The van der Waals surface area contributed by atoms with E-state index in [1.54, 1.807) is 24.6 Å². The van der Waals surface area contributed by atoms with Crippen LogP contribution in [0.1, 0.15) is 70.1 Å². The lowest BCUT2D eigenvalue weighted by Gasteiger charge is -2.31. The Bertz CT molecular complexity index is 1280. The number of aromatic nitrogens is 1. The first-order valence-corrected chi connectivity index (χ1v) is 11.1. The predicted molar refractivity (Wildman–Crippen MR) is 112 cm³/mol. The van der Waals surface area contributed by atoms with Gasteiger partial charge in [-0.05, 0) is 65.3 Å². The molecule has 5 rings (SSSR count). The summed E-state index contributed by atoms with van der Waals surface area (Å²) in [6.45, 7) is 1.78. The molecule has 0 spiro atoms. The number of aliphatic hydroxyl groups is 1. The number of aliphatic hydroxyl groups excluding tert-OH is 1. The maximum Gasteiger partial charge on any atom is 0.281 e. The minimum Gasteiger partial charge on any atom is -0.382 e. The van der Waals surface area contributed by atoms with Gasteiger partial charge in [0.1, 0.15) is 18.1 Å². The fourth-order valence-electron chi connectivity index (χ4n) is 5.12. The number of thiazole rings is 1. The van der Waals surface area contributed by atoms with Crippen molar-refractivity contribution in [2.45, 2.75) is 50.3 Å². The summed E-state index contributed by atoms with van der Waals surface area (Å²) in [5.41, 5.74) is 4.26. The molecule has 2 aliphatic carbocycles. The minimum absolute atomic E-state index is 0.00813. The zero-order valence-corrected chi connectivity index (χ0v) is 17.8. The first-order chi connectivity index (χ1) is 15.2. The summed E-state index contributed by atoms with van der Waals surface area (Å²) in [5, 5.41) is 20.1. The van der Waals surface area contributed by atoms with Gasteiger partial charge >= 0.3 is 0 Å². The van der Waals surface area contributed by atoms with Crippen LogP contribution in [0, 0.1) is 24.1 Å². The molecule has 1 heterocycles. The van der Waals surface area contributed by atoms with Crippen molar-refractivity contribution in [2.75, 3.05) is 0 Å². The van der Waals surface area contributed by atoms with Crippen molar-refractivity contribution >= 4 is 11.3 Å². The maximum absolute atomic E-state index is 14.7.